The average Bonchev–Trinajstić information content (AvgIpc) is 2.92. The minimum Gasteiger partial charge on any atom is -0.380 e. The lowest BCUT2D eigenvalue weighted by Gasteiger charge is -2.22. The third kappa shape index (κ3) is 2.15. The second-order valence-corrected chi connectivity index (χ2v) is 5.86. The van der Waals surface area contributed by atoms with Crippen molar-refractivity contribution in [3.05, 3.63) is 64.0 Å². The molecule has 2 aromatic heterocycles. The van der Waals surface area contributed by atoms with Gasteiger partial charge in [0.2, 0.25) is 0 Å². The quantitative estimate of drug-likeness (QED) is 0.766. The van der Waals surface area contributed by atoms with E-state index in [0.717, 1.165) is 27.0 Å². The molecule has 2 heterocycles. The second-order valence-electron chi connectivity index (χ2n) is 4.91. The topological polar surface area (TPSA) is 33.1 Å². The van der Waals surface area contributed by atoms with Crippen LogP contribution in [0.2, 0.25) is 0 Å². The van der Waals surface area contributed by atoms with E-state index < -0.39 is 5.60 Å². The van der Waals surface area contributed by atoms with Crippen molar-refractivity contribution in [2.24, 2.45) is 0 Å². The van der Waals surface area contributed by atoms with Gasteiger partial charge in [0.1, 0.15) is 5.60 Å². The van der Waals surface area contributed by atoms with Gasteiger partial charge in [0.15, 0.2) is 0 Å². The molecule has 0 saturated carbocycles. The maximum Gasteiger partial charge on any atom is 0.121 e. The van der Waals surface area contributed by atoms with E-state index in [1.165, 1.54) is 0 Å². The molecular weight excluding hydrogens is 254 g/mol. The summed E-state index contributed by atoms with van der Waals surface area (Å²) in [7, 11) is 0. The fourth-order valence-corrected chi connectivity index (χ4v) is 3.04. The smallest absolute Gasteiger partial charge is 0.121 e. The van der Waals surface area contributed by atoms with E-state index in [-0.39, 0.29) is 0 Å². The molecule has 96 valence electrons. The summed E-state index contributed by atoms with van der Waals surface area (Å²) in [4.78, 5) is 5.43. The maximum atomic E-state index is 10.8. The van der Waals surface area contributed by atoms with Gasteiger partial charge in [-0.1, -0.05) is 18.2 Å². The number of nitrogens with zero attached hydrogens (tertiary/aromatic N) is 1. The lowest BCUT2D eigenvalue weighted by atomic mass is 9.93. The Kier molecular flexibility index (Phi) is 2.88. The zero-order valence-corrected chi connectivity index (χ0v) is 11.7. The zero-order chi connectivity index (χ0) is 13.5. The van der Waals surface area contributed by atoms with Crippen molar-refractivity contribution >= 4 is 22.2 Å². The van der Waals surface area contributed by atoms with Crippen LogP contribution < -0.4 is 0 Å². The summed E-state index contributed by atoms with van der Waals surface area (Å²) in [6.07, 6.45) is 0. The Morgan fingerprint density at radius 1 is 1.16 bits per heavy atom. The molecule has 3 heteroatoms. The average molecular weight is 269 g/mol. The van der Waals surface area contributed by atoms with Crippen molar-refractivity contribution in [2.45, 2.75) is 19.4 Å². The molecule has 0 amide bonds. The van der Waals surface area contributed by atoms with Gasteiger partial charge in [-0.25, -0.2) is 0 Å². The van der Waals surface area contributed by atoms with E-state index in [0.29, 0.717) is 0 Å². The molecule has 0 spiro atoms. The standard InChI is InChI=1S/C16H15NOS/c1-11-5-6-12-10-13(7-8-14(12)17-11)16(2,18)15-4-3-9-19-15/h3-10,18H,1-2H3. The highest BCUT2D eigenvalue weighted by atomic mass is 32.1. The first-order valence-corrected chi connectivity index (χ1v) is 7.09. The zero-order valence-electron chi connectivity index (χ0n) is 10.9. The Morgan fingerprint density at radius 2 is 2.00 bits per heavy atom. The molecular formula is C16H15NOS. The number of aliphatic hydroxyl groups is 1. The first kappa shape index (κ1) is 12.3. The van der Waals surface area contributed by atoms with E-state index >= 15 is 0 Å². The lowest BCUT2D eigenvalue weighted by molar-refractivity contribution is 0.106. The van der Waals surface area contributed by atoms with Crippen LogP contribution in [0.15, 0.2) is 47.8 Å². The van der Waals surface area contributed by atoms with Crippen LogP contribution in [0.25, 0.3) is 10.9 Å². The summed E-state index contributed by atoms with van der Waals surface area (Å²) in [5.74, 6) is 0. The van der Waals surface area contributed by atoms with Crippen molar-refractivity contribution in [1.82, 2.24) is 4.98 Å². The van der Waals surface area contributed by atoms with Gasteiger partial charge in [-0.15, -0.1) is 11.3 Å². The van der Waals surface area contributed by atoms with Crippen LogP contribution in [-0.2, 0) is 5.60 Å². The number of benzene rings is 1. The van der Waals surface area contributed by atoms with Gasteiger partial charge in [0, 0.05) is 16.0 Å². The van der Waals surface area contributed by atoms with E-state index in [2.05, 4.69) is 4.98 Å². The molecule has 1 atom stereocenters. The first-order valence-electron chi connectivity index (χ1n) is 6.21. The Hall–Kier alpha value is -1.71. The van der Waals surface area contributed by atoms with Gasteiger partial charge in [0.05, 0.1) is 5.52 Å². The number of pyridine rings is 1. The first-order chi connectivity index (χ1) is 9.07. The molecule has 0 fully saturated rings. The van der Waals surface area contributed by atoms with Crippen molar-refractivity contribution < 1.29 is 5.11 Å². The Balaban J connectivity index is 2.13. The van der Waals surface area contributed by atoms with Crippen LogP contribution >= 0.6 is 11.3 Å². The molecule has 0 bridgehead atoms. The highest BCUT2D eigenvalue weighted by Crippen LogP contribution is 2.33. The Labute approximate surface area is 116 Å². The fraction of sp³-hybridized carbons (Fsp3) is 0.188. The van der Waals surface area contributed by atoms with Gasteiger partial charge >= 0.3 is 0 Å². The largest absolute Gasteiger partial charge is 0.380 e. The van der Waals surface area contributed by atoms with Gasteiger partial charge in [-0.2, -0.15) is 0 Å². The van der Waals surface area contributed by atoms with E-state index in [4.69, 9.17) is 0 Å². The minimum atomic E-state index is -0.951. The number of aryl methyl sites for hydroxylation is 1. The number of thiophene rings is 1. The molecule has 1 aromatic carbocycles. The van der Waals surface area contributed by atoms with Gasteiger partial charge < -0.3 is 5.11 Å². The minimum absolute atomic E-state index is 0.896. The molecule has 19 heavy (non-hydrogen) atoms. The van der Waals surface area contributed by atoms with Crippen LogP contribution in [0.5, 0.6) is 0 Å². The summed E-state index contributed by atoms with van der Waals surface area (Å²) in [5.41, 5.74) is 1.91. The third-order valence-electron chi connectivity index (χ3n) is 3.39. The summed E-state index contributed by atoms with van der Waals surface area (Å²) < 4.78 is 0. The molecule has 3 rings (SSSR count). The SMILES string of the molecule is Cc1ccc2cc(C(C)(O)c3cccs3)ccc2n1. The number of hydrogen-bond acceptors (Lipinski definition) is 3. The van der Waals surface area contributed by atoms with E-state index in [1.807, 2.05) is 61.7 Å². The number of rotatable bonds is 2. The van der Waals surface area contributed by atoms with Gasteiger partial charge in [0.25, 0.3) is 0 Å². The number of hydrogen-bond donors (Lipinski definition) is 1. The molecule has 0 aliphatic heterocycles. The van der Waals surface area contributed by atoms with Crippen LogP contribution in [0.1, 0.15) is 23.1 Å². The number of fused-ring (bicyclic) bond motifs is 1. The van der Waals surface area contributed by atoms with Crippen molar-refractivity contribution in [3.63, 3.8) is 0 Å². The van der Waals surface area contributed by atoms with E-state index in [1.54, 1.807) is 11.3 Å². The van der Waals surface area contributed by atoms with Crippen LogP contribution in [0.4, 0.5) is 0 Å². The molecule has 1 N–H and O–H groups in total. The van der Waals surface area contributed by atoms with Crippen LogP contribution in [0, 0.1) is 6.92 Å². The molecule has 3 aromatic rings. The summed E-state index contributed by atoms with van der Waals surface area (Å²) in [5, 5.41) is 13.8. The Bertz CT molecular complexity index is 717. The fourth-order valence-electron chi connectivity index (χ4n) is 2.23. The third-order valence-corrected chi connectivity index (χ3v) is 4.47. The van der Waals surface area contributed by atoms with Gasteiger partial charge in [-0.3, -0.25) is 4.98 Å². The van der Waals surface area contributed by atoms with Crippen LogP contribution in [0.3, 0.4) is 0 Å². The van der Waals surface area contributed by atoms with Gasteiger partial charge in [-0.05, 0) is 49.1 Å². The molecule has 2 nitrogen and oxygen atoms in total. The Morgan fingerprint density at radius 3 is 2.74 bits per heavy atom. The highest BCUT2D eigenvalue weighted by molar-refractivity contribution is 7.10. The van der Waals surface area contributed by atoms with E-state index in [9.17, 15) is 5.11 Å². The van der Waals surface area contributed by atoms with Crippen molar-refractivity contribution in [2.75, 3.05) is 0 Å². The summed E-state index contributed by atoms with van der Waals surface area (Å²) >= 11 is 1.57. The molecule has 0 aliphatic rings. The predicted octanol–water partition coefficient (Wildman–Crippen LogP) is 3.86. The maximum absolute atomic E-state index is 10.8. The monoisotopic (exact) mass is 269 g/mol. The van der Waals surface area contributed by atoms with Crippen molar-refractivity contribution in [3.8, 4) is 0 Å². The second kappa shape index (κ2) is 4.44. The predicted molar refractivity (Wildman–Crippen MR) is 79.5 cm³/mol. The highest BCUT2D eigenvalue weighted by Gasteiger charge is 2.26. The summed E-state index contributed by atoms with van der Waals surface area (Å²) in [6, 6.07) is 13.9. The lowest BCUT2D eigenvalue weighted by Crippen LogP contribution is -2.21. The molecule has 0 aliphatic carbocycles. The molecule has 0 radical (unpaired) electrons. The summed E-state index contributed by atoms with van der Waals surface area (Å²) in [6.45, 7) is 3.82. The number of aromatic nitrogens is 1. The van der Waals surface area contributed by atoms with Crippen LogP contribution in [-0.4, -0.2) is 10.1 Å². The normalized spacial score (nSPS) is 14.5. The molecule has 1 unspecified atom stereocenters. The van der Waals surface area contributed by atoms with Crippen molar-refractivity contribution in [1.29, 1.82) is 0 Å². The molecule has 0 saturated heterocycles.